The van der Waals surface area contributed by atoms with E-state index < -0.39 is 0 Å². The highest BCUT2D eigenvalue weighted by Crippen LogP contribution is 2.28. The van der Waals surface area contributed by atoms with Crippen LogP contribution in [0.3, 0.4) is 0 Å². The summed E-state index contributed by atoms with van der Waals surface area (Å²) >= 11 is 0. The second-order valence-corrected chi connectivity index (χ2v) is 3.48. The largest absolute Gasteiger partial charge is 0.508 e. The van der Waals surface area contributed by atoms with E-state index in [-0.39, 0.29) is 5.75 Å². The number of aromatic nitrogens is 1. The van der Waals surface area contributed by atoms with Crippen molar-refractivity contribution in [3.63, 3.8) is 0 Å². The Morgan fingerprint density at radius 3 is 2.75 bits per heavy atom. The molecule has 0 atom stereocenters. The summed E-state index contributed by atoms with van der Waals surface area (Å²) in [5, 5.41) is 9.43. The number of nitrogens with two attached hydrogens (primary N) is 2. The Morgan fingerprint density at radius 1 is 1.25 bits per heavy atom. The van der Waals surface area contributed by atoms with Crippen molar-refractivity contribution in [1.29, 1.82) is 0 Å². The van der Waals surface area contributed by atoms with Crippen LogP contribution < -0.4 is 11.5 Å². The molecule has 4 nitrogen and oxygen atoms in total. The number of nitrogen functional groups attached to an aromatic ring is 1. The van der Waals surface area contributed by atoms with Crippen LogP contribution in [-0.2, 0) is 6.54 Å². The number of benzene rings is 1. The first-order valence-electron chi connectivity index (χ1n) is 4.95. The van der Waals surface area contributed by atoms with Gasteiger partial charge in [-0.15, -0.1) is 0 Å². The van der Waals surface area contributed by atoms with Gasteiger partial charge in [0, 0.05) is 18.3 Å². The van der Waals surface area contributed by atoms with E-state index in [4.69, 9.17) is 11.5 Å². The fourth-order valence-electron chi connectivity index (χ4n) is 1.67. The molecule has 0 spiro atoms. The first-order valence-corrected chi connectivity index (χ1v) is 4.95. The van der Waals surface area contributed by atoms with Crippen LogP contribution in [-0.4, -0.2) is 10.1 Å². The molecule has 2 aromatic rings. The second-order valence-electron chi connectivity index (χ2n) is 3.48. The quantitative estimate of drug-likeness (QED) is 0.708. The Bertz CT molecular complexity index is 511. The molecule has 82 valence electrons. The number of rotatable bonds is 2. The summed E-state index contributed by atoms with van der Waals surface area (Å²) < 4.78 is 0. The van der Waals surface area contributed by atoms with Crippen LogP contribution in [0.25, 0.3) is 11.1 Å². The van der Waals surface area contributed by atoms with E-state index in [0.29, 0.717) is 12.4 Å². The Labute approximate surface area is 93.5 Å². The highest BCUT2D eigenvalue weighted by molar-refractivity contribution is 5.72. The maximum Gasteiger partial charge on any atom is 0.128 e. The number of nitrogens with zero attached hydrogens (tertiary/aromatic N) is 1. The lowest BCUT2D eigenvalue weighted by atomic mass is 10.0. The van der Waals surface area contributed by atoms with E-state index in [0.717, 1.165) is 16.7 Å². The molecule has 5 N–H and O–H groups in total. The molecule has 0 aliphatic carbocycles. The smallest absolute Gasteiger partial charge is 0.128 e. The summed E-state index contributed by atoms with van der Waals surface area (Å²) in [5.74, 6) is 0.652. The molecule has 0 unspecified atom stereocenters. The molecule has 0 bridgehead atoms. The van der Waals surface area contributed by atoms with Crippen molar-refractivity contribution < 1.29 is 5.11 Å². The molecule has 16 heavy (non-hydrogen) atoms. The number of phenols is 1. The molecule has 1 aromatic heterocycles. The van der Waals surface area contributed by atoms with Crippen LogP contribution in [0.4, 0.5) is 5.82 Å². The summed E-state index contributed by atoms with van der Waals surface area (Å²) in [5.41, 5.74) is 14.0. The zero-order valence-electron chi connectivity index (χ0n) is 8.72. The average molecular weight is 215 g/mol. The fourth-order valence-corrected chi connectivity index (χ4v) is 1.67. The molecule has 1 aromatic carbocycles. The molecule has 0 radical (unpaired) electrons. The van der Waals surface area contributed by atoms with Gasteiger partial charge in [0.15, 0.2) is 0 Å². The van der Waals surface area contributed by atoms with E-state index in [9.17, 15) is 5.11 Å². The molecule has 1 heterocycles. The zero-order valence-corrected chi connectivity index (χ0v) is 8.72. The van der Waals surface area contributed by atoms with Crippen molar-refractivity contribution in [3.05, 3.63) is 42.1 Å². The standard InChI is InChI=1S/C12H13N3O/c13-7-11-10(4-5-15-12(11)14)8-2-1-3-9(16)6-8/h1-6,16H,7,13H2,(H2,14,15). The predicted octanol–water partition coefficient (Wildman–Crippen LogP) is 1.50. The third-order valence-electron chi connectivity index (χ3n) is 2.45. The SMILES string of the molecule is NCc1c(-c2cccc(O)c2)ccnc1N. The van der Waals surface area contributed by atoms with Crippen molar-refractivity contribution in [2.45, 2.75) is 6.54 Å². The number of phenolic OH excluding ortho intramolecular Hbond substituents is 1. The zero-order chi connectivity index (χ0) is 11.5. The fraction of sp³-hybridized carbons (Fsp3) is 0.0833. The highest BCUT2D eigenvalue weighted by atomic mass is 16.3. The van der Waals surface area contributed by atoms with Gasteiger partial charge in [0.05, 0.1) is 0 Å². The summed E-state index contributed by atoms with van der Waals surface area (Å²) in [6.45, 7) is 0.324. The van der Waals surface area contributed by atoms with Gasteiger partial charge in [-0.05, 0) is 29.3 Å². The molecule has 0 amide bonds. The maximum absolute atomic E-state index is 9.43. The van der Waals surface area contributed by atoms with Crippen molar-refractivity contribution >= 4 is 5.82 Å². The number of hydrogen-bond acceptors (Lipinski definition) is 4. The lowest BCUT2D eigenvalue weighted by Crippen LogP contribution is -2.05. The Balaban J connectivity index is 2.60. The van der Waals surface area contributed by atoms with E-state index in [1.807, 2.05) is 12.1 Å². The molecular weight excluding hydrogens is 202 g/mol. The van der Waals surface area contributed by atoms with Gasteiger partial charge in [-0.3, -0.25) is 0 Å². The third kappa shape index (κ3) is 1.83. The Morgan fingerprint density at radius 2 is 2.06 bits per heavy atom. The minimum Gasteiger partial charge on any atom is -0.508 e. The summed E-state index contributed by atoms with van der Waals surface area (Å²) in [6.07, 6.45) is 1.63. The van der Waals surface area contributed by atoms with Crippen molar-refractivity contribution in [1.82, 2.24) is 4.98 Å². The average Bonchev–Trinajstić information content (AvgIpc) is 2.28. The summed E-state index contributed by atoms with van der Waals surface area (Å²) in [6, 6.07) is 8.81. The first kappa shape index (κ1) is 10.4. The van der Waals surface area contributed by atoms with Gasteiger partial charge in [-0.2, -0.15) is 0 Å². The molecule has 4 heteroatoms. The second kappa shape index (κ2) is 4.20. The molecule has 2 rings (SSSR count). The third-order valence-corrected chi connectivity index (χ3v) is 2.45. The summed E-state index contributed by atoms with van der Waals surface area (Å²) in [4.78, 5) is 3.99. The molecule has 0 saturated carbocycles. The molecule has 0 saturated heterocycles. The van der Waals surface area contributed by atoms with Crippen LogP contribution in [0.15, 0.2) is 36.5 Å². The number of pyridine rings is 1. The van der Waals surface area contributed by atoms with E-state index in [1.54, 1.807) is 24.4 Å². The van der Waals surface area contributed by atoms with E-state index in [2.05, 4.69) is 4.98 Å². The molecule has 0 fully saturated rings. The Kier molecular flexibility index (Phi) is 2.74. The normalized spacial score (nSPS) is 10.3. The van der Waals surface area contributed by atoms with Crippen LogP contribution >= 0.6 is 0 Å². The molecular formula is C12H13N3O. The van der Waals surface area contributed by atoms with Gasteiger partial charge >= 0.3 is 0 Å². The number of anilines is 1. The predicted molar refractivity (Wildman–Crippen MR) is 63.6 cm³/mol. The van der Waals surface area contributed by atoms with E-state index in [1.165, 1.54) is 0 Å². The van der Waals surface area contributed by atoms with E-state index >= 15 is 0 Å². The minimum atomic E-state index is 0.218. The van der Waals surface area contributed by atoms with Crippen LogP contribution in [0.1, 0.15) is 5.56 Å². The molecule has 0 aliphatic heterocycles. The van der Waals surface area contributed by atoms with Crippen LogP contribution in [0, 0.1) is 0 Å². The topological polar surface area (TPSA) is 85.2 Å². The van der Waals surface area contributed by atoms with Gasteiger partial charge in [0.25, 0.3) is 0 Å². The van der Waals surface area contributed by atoms with Gasteiger partial charge in [-0.25, -0.2) is 4.98 Å². The lowest BCUT2D eigenvalue weighted by Gasteiger charge is -2.09. The van der Waals surface area contributed by atoms with Gasteiger partial charge in [0.2, 0.25) is 0 Å². The maximum atomic E-state index is 9.43. The van der Waals surface area contributed by atoms with Crippen molar-refractivity contribution in [2.75, 3.05) is 5.73 Å². The Hall–Kier alpha value is -2.07. The summed E-state index contributed by atoms with van der Waals surface area (Å²) in [7, 11) is 0. The molecule has 0 aliphatic rings. The monoisotopic (exact) mass is 215 g/mol. The first-order chi connectivity index (χ1) is 7.72. The van der Waals surface area contributed by atoms with Gasteiger partial charge < -0.3 is 16.6 Å². The van der Waals surface area contributed by atoms with Gasteiger partial charge in [0.1, 0.15) is 11.6 Å². The van der Waals surface area contributed by atoms with Crippen molar-refractivity contribution in [3.8, 4) is 16.9 Å². The highest BCUT2D eigenvalue weighted by Gasteiger charge is 2.08. The lowest BCUT2D eigenvalue weighted by molar-refractivity contribution is 0.475. The minimum absolute atomic E-state index is 0.218. The van der Waals surface area contributed by atoms with Crippen LogP contribution in [0.2, 0.25) is 0 Å². The number of aromatic hydroxyl groups is 1. The van der Waals surface area contributed by atoms with Crippen molar-refractivity contribution in [2.24, 2.45) is 5.73 Å². The number of hydrogen-bond donors (Lipinski definition) is 3. The van der Waals surface area contributed by atoms with Gasteiger partial charge in [-0.1, -0.05) is 12.1 Å². The van der Waals surface area contributed by atoms with Crippen LogP contribution in [0.5, 0.6) is 5.75 Å².